The maximum Gasteiger partial charge on any atom is 0.0639 e. The van der Waals surface area contributed by atoms with Crippen molar-refractivity contribution in [3.8, 4) is 0 Å². The zero-order valence-corrected chi connectivity index (χ0v) is 10.3. The molecule has 3 N–H and O–H groups in total. The highest BCUT2D eigenvalue weighted by molar-refractivity contribution is 5.56. The Balaban J connectivity index is 2.19. The monoisotopic (exact) mass is 222 g/mol. The topological polar surface area (TPSA) is 47.3 Å². The van der Waals surface area contributed by atoms with Crippen LogP contribution in [0.25, 0.3) is 0 Å². The fourth-order valence-electron chi connectivity index (χ4n) is 1.40. The van der Waals surface area contributed by atoms with Crippen molar-refractivity contribution in [3.05, 3.63) is 23.8 Å². The van der Waals surface area contributed by atoms with Crippen LogP contribution in [0.4, 0.5) is 11.4 Å². The lowest BCUT2D eigenvalue weighted by Crippen LogP contribution is -2.10. The Kier molecular flexibility index (Phi) is 5.72. The molecule has 0 atom stereocenters. The molecular formula is C13H22N2O. The molecule has 16 heavy (non-hydrogen) atoms. The first-order valence-corrected chi connectivity index (χ1v) is 5.91. The predicted octanol–water partition coefficient (Wildman–Crippen LogP) is 2.81. The first-order chi connectivity index (χ1) is 7.74. The van der Waals surface area contributed by atoms with Crippen molar-refractivity contribution >= 4 is 11.4 Å². The second kappa shape index (κ2) is 7.12. The highest BCUT2D eigenvalue weighted by atomic mass is 16.5. The summed E-state index contributed by atoms with van der Waals surface area (Å²) in [5.41, 5.74) is 8.79. The first-order valence-electron chi connectivity index (χ1n) is 5.91. The number of hydrogen-bond acceptors (Lipinski definition) is 3. The highest BCUT2D eigenvalue weighted by Gasteiger charge is 1.95. The van der Waals surface area contributed by atoms with Crippen LogP contribution in [0.3, 0.4) is 0 Å². The van der Waals surface area contributed by atoms with E-state index in [2.05, 4.69) is 18.3 Å². The molecule has 1 aromatic rings. The summed E-state index contributed by atoms with van der Waals surface area (Å²) in [6, 6.07) is 5.98. The summed E-state index contributed by atoms with van der Waals surface area (Å²) in [6.45, 7) is 6.63. The third kappa shape index (κ3) is 4.53. The predicted molar refractivity (Wildman–Crippen MR) is 69.8 cm³/mol. The minimum absolute atomic E-state index is 0.753. The molecular weight excluding hydrogens is 200 g/mol. The molecule has 0 bridgehead atoms. The van der Waals surface area contributed by atoms with E-state index < -0.39 is 0 Å². The van der Waals surface area contributed by atoms with Crippen LogP contribution in [0.15, 0.2) is 18.2 Å². The van der Waals surface area contributed by atoms with Crippen molar-refractivity contribution in [1.29, 1.82) is 0 Å². The van der Waals surface area contributed by atoms with Crippen LogP contribution in [0.1, 0.15) is 25.3 Å². The molecule has 0 saturated heterocycles. The lowest BCUT2D eigenvalue weighted by Gasteiger charge is -2.08. The number of aryl methyl sites for hydroxylation is 1. The van der Waals surface area contributed by atoms with Crippen LogP contribution in [0, 0.1) is 6.92 Å². The van der Waals surface area contributed by atoms with Gasteiger partial charge in [0.1, 0.15) is 0 Å². The zero-order chi connectivity index (χ0) is 11.8. The second-order valence-electron chi connectivity index (χ2n) is 3.96. The number of unbranched alkanes of at least 4 members (excludes halogenated alkanes) is 1. The van der Waals surface area contributed by atoms with Gasteiger partial charge in [0.2, 0.25) is 0 Å². The molecule has 0 aromatic heterocycles. The Morgan fingerprint density at radius 3 is 2.81 bits per heavy atom. The Labute approximate surface area is 98.0 Å². The Bertz CT molecular complexity index is 313. The number of ether oxygens (including phenoxy) is 1. The summed E-state index contributed by atoms with van der Waals surface area (Å²) in [7, 11) is 0. The van der Waals surface area contributed by atoms with Crippen LogP contribution in [0.5, 0.6) is 0 Å². The molecule has 0 amide bonds. The van der Waals surface area contributed by atoms with E-state index in [1.165, 1.54) is 6.42 Å². The average Bonchev–Trinajstić information content (AvgIpc) is 2.28. The normalized spacial score (nSPS) is 10.4. The molecule has 90 valence electrons. The lowest BCUT2D eigenvalue weighted by atomic mass is 10.2. The summed E-state index contributed by atoms with van der Waals surface area (Å²) in [6.07, 6.45) is 2.32. The van der Waals surface area contributed by atoms with Gasteiger partial charge in [0.15, 0.2) is 0 Å². The fraction of sp³-hybridized carbons (Fsp3) is 0.538. The van der Waals surface area contributed by atoms with E-state index in [9.17, 15) is 0 Å². The summed E-state index contributed by atoms with van der Waals surface area (Å²) in [4.78, 5) is 0. The molecule has 0 heterocycles. The number of nitrogens with two attached hydrogens (primary N) is 1. The summed E-state index contributed by atoms with van der Waals surface area (Å²) in [5.74, 6) is 0. The van der Waals surface area contributed by atoms with E-state index in [0.717, 1.165) is 43.1 Å². The minimum atomic E-state index is 0.753. The van der Waals surface area contributed by atoms with E-state index in [1.54, 1.807) is 0 Å². The molecule has 1 aromatic carbocycles. The van der Waals surface area contributed by atoms with Gasteiger partial charge < -0.3 is 15.8 Å². The molecule has 0 unspecified atom stereocenters. The van der Waals surface area contributed by atoms with Crippen LogP contribution in [-0.2, 0) is 4.74 Å². The number of benzene rings is 1. The lowest BCUT2D eigenvalue weighted by molar-refractivity contribution is 0.141. The van der Waals surface area contributed by atoms with Crippen LogP contribution in [0.2, 0.25) is 0 Å². The highest BCUT2D eigenvalue weighted by Crippen LogP contribution is 2.16. The molecule has 0 spiro atoms. The number of nitrogen functional groups attached to an aromatic ring is 1. The van der Waals surface area contributed by atoms with Crippen LogP contribution >= 0.6 is 0 Å². The van der Waals surface area contributed by atoms with Gasteiger partial charge in [-0.05, 0) is 37.1 Å². The van der Waals surface area contributed by atoms with Gasteiger partial charge in [0.05, 0.1) is 6.61 Å². The molecule has 0 aliphatic carbocycles. The quantitative estimate of drug-likeness (QED) is 0.551. The molecule has 0 aliphatic rings. The SMILES string of the molecule is CCCCOCCNc1ccc(N)c(C)c1. The van der Waals surface area contributed by atoms with Gasteiger partial charge in [-0.25, -0.2) is 0 Å². The number of anilines is 2. The Morgan fingerprint density at radius 1 is 1.31 bits per heavy atom. The van der Waals surface area contributed by atoms with Crippen molar-refractivity contribution in [3.63, 3.8) is 0 Å². The van der Waals surface area contributed by atoms with Gasteiger partial charge in [0.25, 0.3) is 0 Å². The molecule has 0 radical (unpaired) electrons. The van der Waals surface area contributed by atoms with Crippen molar-refractivity contribution in [2.24, 2.45) is 0 Å². The fourth-order valence-corrected chi connectivity index (χ4v) is 1.40. The average molecular weight is 222 g/mol. The molecule has 0 aliphatic heterocycles. The van der Waals surface area contributed by atoms with Crippen molar-refractivity contribution in [2.45, 2.75) is 26.7 Å². The van der Waals surface area contributed by atoms with Crippen molar-refractivity contribution < 1.29 is 4.74 Å². The van der Waals surface area contributed by atoms with Gasteiger partial charge in [-0.2, -0.15) is 0 Å². The maximum absolute atomic E-state index is 5.75. The third-order valence-corrected chi connectivity index (χ3v) is 2.49. The van der Waals surface area contributed by atoms with E-state index in [-0.39, 0.29) is 0 Å². The number of hydrogen-bond donors (Lipinski definition) is 2. The van der Waals surface area contributed by atoms with Crippen molar-refractivity contribution in [1.82, 2.24) is 0 Å². The maximum atomic E-state index is 5.75. The van der Waals surface area contributed by atoms with Crippen molar-refractivity contribution in [2.75, 3.05) is 30.8 Å². The largest absolute Gasteiger partial charge is 0.399 e. The number of nitrogens with one attached hydrogen (secondary N) is 1. The van der Waals surface area contributed by atoms with Crippen LogP contribution < -0.4 is 11.1 Å². The summed E-state index contributed by atoms with van der Waals surface area (Å²) in [5, 5.41) is 3.31. The van der Waals surface area contributed by atoms with Gasteiger partial charge in [0, 0.05) is 24.5 Å². The van der Waals surface area contributed by atoms with Gasteiger partial charge >= 0.3 is 0 Å². The minimum Gasteiger partial charge on any atom is -0.399 e. The number of rotatable bonds is 7. The summed E-state index contributed by atoms with van der Waals surface area (Å²) < 4.78 is 5.46. The second-order valence-corrected chi connectivity index (χ2v) is 3.96. The Morgan fingerprint density at radius 2 is 2.12 bits per heavy atom. The Hall–Kier alpha value is -1.22. The van der Waals surface area contributed by atoms with Crippen LogP contribution in [-0.4, -0.2) is 19.8 Å². The van der Waals surface area contributed by atoms with Gasteiger partial charge in [-0.15, -0.1) is 0 Å². The summed E-state index contributed by atoms with van der Waals surface area (Å²) >= 11 is 0. The van der Waals surface area contributed by atoms with E-state index in [0.29, 0.717) is 0 Å². The van der Waals surface area contributed by atoms with Gasteiger partial charge in [-0.3, -0.25) is 0 Å². The third-order valence-electron chi connectivity index (χ3n) is 2.49. The molecule has 3 nitrogen and oxygen atoms in total. The van der Waals surface area contributed by atoms with Gasteiger partial charge in [-0.1, -0.05) is 13.3 Å². The molecule has 0 fully saturated rings. The zero-order valence-electron chi connectivity index (χ0n) is 10.3. The molecule has 0 saturated carbocycles. The van der Waals surface area contributed by atoms with E-state index in [1.807, 2.05) is 19.1 Å². The standard InChI is InChI=1S/C13H22N2O/c1-3-4-8-16-9-7-15-12-5-6-13(14)11(2)10-12/h5-6,10,15H,3-4,7-9,14H2,1-2H3. The first kappa shape index (κ1) is 12.8. The van der Waals surface area contributed by atoms with E-state index in [4.69, 9.17) is 10.5 Å². The molecule has 1 rings (SSSR count). The van der Waals surface area contributed by atoms with E-state index >= 15 is 0 Å². The molecule has 3 heteroatoms. The smallest absolute Gasteiger partial charge is 0.0639 e.